The highest BCUT2D eigenvalue weighted by Gasteiger charge is 2.42. The molecule has 4 heteroatoms. The van der Waals surface area contributed by atoms with Gasteiger partial charge in [0.1, 0.15) is 5.82 Å². The summed E-state index contributed by atoms with van der Waals surface area (Å²) in [6.07, 6.45) is 6.93. The van der Waals surface area contributed by atoms with Crippen molar-refractivity contribution in [2.75, 3.05) is 6.61 Å². The average molecular weight is 341 g/mol. The number of hydrogen-bond donors (Lipinski definition) is 0. The van der Waals surface area contributed by atoms with Gasteiger partial charge in [0.25, 0.3) is 0 Å². The highest BCUT2D eigenvalue weighted by atomic mass is 19.1. The van der Waals surface area contributed by atoms with E-state index >= 15 is 0 Å². The molecule has 0 spiro atoms. The van der Waals surface area contributed by atoms with Crippen molar-refractivity contribution in [3.8, 4) is 0 Å². The van der Waals surface area contributed by atoms with Crippen molar-refractivity contribution < 1.29 is 13.9 Å². The first-order valence-corrected chi connectivity index (χ1v) is 9.33. The topological polar surface area (TPSA) is 39.2 Å². The van der Waals surface area contributed by atoms with Crippen molar-refractivity contribution in [1.82, 2.24) is 4.98 Å². The third-order valence-corrected chi connectivity index (χ3v) is 6.05. The third-order valence-electron chi connectivity index (χ3n) is 6.05. The Hall–Kier alpha value is -1.97. The molecule has 2 fully saturated rings. The van der Waals surface area contributed by atoms with Crippen molar-refractivity contribution >= 4 is 16.9 Å². The van der Waals surface area contributed by atoms with E-state index in [0.29, 0.717) is 36.7 Å². The van der Waals surface area contributed by atoms with E-state index in [-0.39, 0.29) is 11.8 Å². The smallest absolute Gasteiger partial charge is 0.306 e. The molecule has 2 aromatic rings. The van der Waals surface area contributed by atoms with Crippen LogP contribution in [0.25, 0.3) is 10.9 Å². The molecule has 0 N–H and O–H groups in total. The number of nitrogens with zero attached hydrogens (tertiary/aromatic N) is 1. The summed E-state index contributed by atoms with van der Waals surface area (Å²) in [5.41, 5.74) is 2.11. The fraction of sp³-hybridized carbons (Fsp3) is 0.524. The minimum absolute atomic E-state index is 0.0559. The Morgan fingerprint density at radius 3 is 2.68 bits per heavy atom. The Morgan fingerprint density at radius 1 is 1.20 bits per heavy atom. The van der Waals surface area contributed by atoms with Gasteiger partial charge in [-0.2, -0.15) is 0 Å². The van der Waals surface area contributed by atoms with Crippen LogP contribution in [-0.2, 0) is 9.53 Å². The van der Waals surface area contributed by atoms with E-state index in [1.807, 2.05) is 13.1 Å². The minimum atomic E-state index is -0.200. The molecule has 0 unspecified atom stereocenters. The van der Waals surface area contributed by atoms with E-state index in [0.717, 1.165) is 36.6 Å². The maximum atomic E-state index is 13.7. The zero-order valence-corrected chi connectivity index (χ0v) is 14.6. The normalized spacial score (nSPS) is 28.2. The number of rotatable bonds is 4. The molecular weight excluding hydrogens is 317 g/mol. The molecule has 0 radical (unpaired) electrons. The van der Waals surface area contributed by atoms with Gasteiger partial charge >= 0.3 is 5.97 Å². The second-order valence-corrected chi connectivity index (χ2v) is 7.60. The number of esters is 1. The Morgan fingerprint density at radius 2 is 1.96 bits per heavy atom. The zero-order chi connectivity index (χ0) is 17.4. The molecule has 4 rings (SSSR count). The van der Waals surface area contributed by atoms with Gasteiger partial charge in [-0.1, -0.05) is 0 Å². The highest BCUT2D eigenvalue weighted by Crippen LogP contribution is 2.53. The van der Waals surface area contributed by atoms with Gasteiger partial charge in [-0.05, 0) is 86.1 Å². The number of fused-ring (bicyclic) bond motifs is 2. The van der Waals surface area contributed by atoms with E-state index in [1.165, 1.54) is 11.6 Å². The Balaban J connectivity index is 1.47. The van der Waals surface area contributed by atoms with Gasteiger partial charge in [-0.15, -0.1) is 0 Å². The third kappa shape index (κ3) is 3.26. The first-order valence-electron chi connectivity index (χ1n) is 9.33. The van der Waals surface area contributed by atoms with E-state index in [9.17, 15) is 9.18 Å². The van der Waals surface area contributed by atoms with Crippen LogP contribution in [0.3, 0.4) is 0 Å². The van der Waals surface area contributed by atoms with Gasteiger partial charge in [0, 0.05) is 18.0 Å². The SMILES string of the molecule is CCOC(=O)C[C@@H]1C[C@@H]2C[C@@H](c3ccnc4ccc(F)cc34)C[C@@H]2C1. The summed E-state index contributed by atoms with van der Waals surface area (Å²) in [5, 5.41) is 0.954. The molecular formula is C21H24FNO2. The summed E-state index contributed by atoms with van der Waals surface area (Å²) < 4.78 is 18.8. The first kappa shape index (κ1) is 16.5. The minimum Gasteiger partial charge on any atom is -0.466 e. The molecule has 1 aromatic carbocycles. The molecule has 132 valence electrons. The van der Waals surface area contributed by atoms with Crippen LogP contribution in [0.1, 0.15) is 50.5 Å². The molecule has 1 heterocycles. The van der Waals surface area contributed by atoms with E-state index in [2.05, 4.69) is 11.1 Å². The molecule has 0 saturated heterocycles. The number of halogens is 1. The number of benzene rings is 1. The van der Waals surface area contributed by atoms with Crippen molar-refractivity contribution in [2.45, 2.75) is 44.9 Å². The summed E-state index contributed by atoms with van der Waals surface area (Å²) in [7, 11) is 0. The van der Waals surface area contributed by atoms with Crippen LogP contribution in [0.4, 0.5) is 4.39 Å². The fourth-order valence-corrected chi connectivity index (χ4v) is 5.11. The first-order chi connectivity index (χ1) is 12.1. The molecule has 0 aliphatic heterocycles. The van der Waals surface area contributed by atoms with Crippen LogP contribution in [0, 0.1) is 23.6 Å². The zero-order valence-electron chi connectivity index (χ0n) is 14.6. The molecule has 2 aliphatic carbocycles. The lowest BCUT2D eigenvalue weighted by atomic mass is 9.90. The number of aromatic nitrogens is 1. The maximum absolute atomic E-state index is 13.7. The van der Waals surface area contributed by atoms with Crippen molar-refractivity contribution in [1.29, 1.82) is 0 Å². The predicted octanol–water partition coefficient (Wildman–Crippen LogP) is 4.85. The van der Waals surface area contributed by atoms with E-state index in [4.69, 9.17) is 4.74 Å². The van der Waals surface area contributed by atoms with Crippen molar-refractivity contribution in [3.05, 3.63) is 41.8 Å². The average Bonchev–Trinajstić information content (AvgIpc) is 3.12. The van der Waals surface area contributed by atoms with Gasteiger partial charge in [-0.25, -0.2) is 4.39 Å². The standard InChI is InChI=1S/C21H24FNO2/c1-2-25-21(24)9-13-7-14-10-16(11-15(14)8-13)18-5-6-23-20-4-3-17(22)12-19(18)20/h3-6,12-16H,2,7-11H2,1H3/t13-,14-,15+,16-. The lowest BCUT2D eigenvalue weighted by Crippen LogP contribution is -2.10. The monoisotopic (exact) mass is 341 g/mol. The van der Waals surface area contributed by atoms with E-state index < -0.39 is 0 Å². The van der Waals surface area contributed by atoms with Crippen LogP contribution in [-0.4, -0.2) is 17.6 Å². The molecule has 2 aliphatic rings. The maximum Gasteiger partial charge on any atom is 0.306 e. The van der Waals surface area contributed by atoms with Crippen LogP contribution in [0.2, 0.25) is 0 Å². The molecule has 4 atom stereocenters. The molecule has 25 heavy (non-hydrogen) atoms. The van der Waals surface area contributed by atoms with Gasteiger partial charge in [0.05, 0.1) is 12.1 Å². The molecule has 3 nitrogen and oxygen atoms in total. The van der Waals surface area contributed by atoms with Gasteiger partial charge in [-0.3, -0.25) is 9.78 Å². The summed E-state index contributed by atoms with van der Waals surface area (Å²) in [5.74, 6) is 2.06. The van der Waals surface area contributed by atoms with Crippen LogP contribution in [0.5, 0.6) is 0 Å². The number of carbonyl (C=O) groups excluding carboxylic acids is 1. The van der Waals surface area contributed by atoms with Gasteiger partial charge in [0.2, 0.25) is 0 Å². The van der Waals surface area contributed by atoms with Crippen LogP contribution < -0.4 is 0 Å². The quantitative estimate of drug-likeness (QED) is 0.747. The Kier molecular flexibility index (Phi) is 4.45. The number of hydrogen-bond acceptors (Lipinski definition) is 3. The lowest BCUT2D eigenvalue weighted by Gasteiger charge is -2.16. The second-order valence-electron chi connectivity index (χ2n) is 7.60. The Bertz CT molecular complexity index is 777. The second kappa shape index (κ2) is 6.74. The summed E-state index contributed by atoms with van der Waals surface area (Å²) in [4.78, 5) is 16.1. The number of carbonyl (C=O) groups is 1. The lowest BCUT2D eigenvalue weighted by molar-refractivity contribution is -0.144. The number of ether oxygens (including phenoxy) is 1. The van der Waals surface area contributed by atoms with Gasteiger partial charge in [0.15, 0.2) is 0 Å². The van der Waals surface area contributed by atoms with Crippen LogP contribution >= 0.6 is 0 Å². The van der Waals surface area contributed by atoms with Crippen molar-refractivity contribution in [3.63, 3.8) is 0 Å². The van der Waals surface area contributed by atoms with Gasteiger partial charge < -0.3 is 4.74 Å². The summed E-state index contributed by atoms with van der Waals surface area (Å²) >= 11 is 0. The molecule has 0 bridgehead atoms. The summed E-state index contributed by atoms with van der Waals surface area (Å²) in [6.45, 7) is 2.32. The fourth-order valence-electron chi connectivity index (χ4n) is 5.11. The molecule has 0 amide bonds. The van der Waals surface area contributed by atoms with Crippen LogP contribution in [0.15, 0.2) is 30.5 Å². The van der Waals surface area contributed by atoms with Crippen molar-refractivity contribution in [2.24, 2.45) is 17.8 Å². The largest absolute Gasteiger partial charge is 0.466 e. The van der Waals surface area contributed by atoms with E-state index in [1.54, 1.807) is 12.1 Å². The Labute approximate surface area is 147 Å². The molecule has 1 aromatic heterocycles. The highest BCUT2D eigenvalue weighted by molar-refractivity contribution is 5.82. The number of pyridine rings is 1. The predicted molar refractivity (Wildman–Crippen MR) is 94.6 cm³/mol. The summed E-state index contributed by atoms with van der Waals surface area (Å²) in [6, 6.07) is 6.92. The molecule has 2 saturated carbocycles.